The number of amides is 1. The third-order valence-corrected chi connectivity index (χ3v) is 4.74. The zero-order chi connectivity index (χ0) is 13.9. The number of hydrogen-bond acceptors (Lipinski definition) is 3. The van der Waals surface area contributed by atoms with Gasteiger partial charge in [0.1, 0.15) is 0 Å². The summed E-state index contributed by atoms with van der Waals surface area (Å²) in [6.45, 7) is 4.16. The van der Waals surface area contributed by atoms with Crippen molar-refractivity contribution in [3.63, 3.8) is 0 Å². The van der Waals surface area contributed by atoms with Crippen LogP contribution in [0.2, 0.25) is 0 Å². The topological polar surface area (TPSA) is 46.6 Å². The van der Waals surface area contributed by atoms with E-state index >= 15 is 0 Å². The summed E-state index contributed by atoms with van der Waals surface area (Å²) in [6.07, 6.45) is 6.45. The van der Waals surface area contributed by atoms with Crippen molar-refractivity contribution in [1.29, 1.82) is 0 Å². The number of likely N-dealkylation sites (tertiary alicyclic amines) is 1. The minimum absolute atomic E-state index is 0.209. The molecule has 1 spiro atoms. The number of carbonyl (C=O) groups is 2. The van der Waals surface area contributed by atoms with E-state index in [4.69, 9.17) is 0 Å². The third kappa shape index (κ3) is 3.48. The van der Waals surface area contributed by atoms with Gasteiger partial charge in [0.05, 0.1) is 7.11 Å². The molecule has 0 aromatic rings. The first-order chi connectivity index (χ1) is 9.04. The maximum atomic E-state index is 12.1. The molecule has 0 radical (unpaired) electrons. The van der Waals surface area contributed by atoms with Gasteiger partial charge in [-0.15, -0.1) is 0 Å². The van der Waals surface area contributed by atoms with Crippen LogP contribution >= 0.6 is 0 Å². The SMILES string of the molecule is COC(=O)CCCC(=O)N1CC[C@]2(CC[C@@H](C)C2)C1. The highest BCUT2D eigenvalue weighted by Crippen LogP contribution is 2.47. The fourth-order valence-electron chi connectivity index (χ4n) is 3.66. The molecule has 1 amide bonds. The van der Waals surface area contributed by atoms with Crippen molar-refractivity contribution in [2.24, 2.45) is 11.3 Å². The van der Waals surface area contributed by atoms with E-state index in [1.54, 1.807) is 0 Å². The molecule has 2 aliphatic rings. The summed E-state index contributed by atoms with van der Waals surface area (Å²) in [5.74, 6) is 0.796. The predicted octanol–water partition coefficient (Wildman–Crippen LogP) is 2.37. The average molecular weight is 267 g/mol. The van der Waals surface area contributed by atoms with E-state index in [1.807, 2.05) is 4.90 Å². The fraction of sp³-hybridized carbons (Fsp3) is 0.867. The number of methoxy groups -OCH3 is 1. The first-order valence-corrected chi connectivity index (χ1v) is 7.39. The first kappa shape index (κ1) is 14.4. The maximum absolute atomic E-state index is 12.1. The Kier molecular flexibility index (Phi) is 4.48. The van der Waals surface area contributed by atoms with E-state index in [9.17, 15) is 9.59 Å². The molecule has 1 aliphatic carbocycles. The molecule has 1 saturated carbocycles. The minimum atomic E-state index is -0.227. The largest absolute Gasteiger partial charge is 0.469 e. The molecule has 0 aromatic carbocycles. The second-order valence-corrected chi connectivity index (χ2v) is 6.34. The van der Waals surface area contributed by atoms with Gasteiger partial charge in [-0.25, -0.2) is 0 Å². The zero-order valence-corrected chi connectivity index (χ0v) is 12.1. The molecule has 4 heteroatoms. The van der Waals surface area contributed by atoms with Crippen LogP contribution in [0, 0.1) is 11.3 Å². The predicted molar refractivity (Wildman–Crippen MR) is 72.5 cm³/mol. The second kappa shape index (κ2) is 5.93. The number of hydrogen-bond donors (Lipinski definition) is 0. The molecule has 1 heterocycles. The molecule has 2 atom stereocenters. The lowest BCUT2D eigenvalue weighted by molar-refractivity contribution is -0.140. The minimum Gasteiger partial charge on any atom is -0.469 e. The summed E-state index contributed by atoms with van der Waals surface area (Å²) in [4.78, 5) is 25.1. The van der Waals surface area contributed by atoms with Crippen molar-refractivity contribution >= 4 is 11.9 Å². The Labute approximate surface area is 115 Å². The van der Waals surface area contributed by atoms with Crippen molar-refractivity contribution < 1.29 is 14.3 Å². The molecular formula is C15H25NO3. The molecule has 4 nitrogen and oxygen atoms in total. The summed E-state index contributed by atoms with van der Waals surface area (Å²) in [5, 5.41) is 0. The van der Waals surface area contributed by atoms with E-state index in [1.165, 1.54) is 32.8 Å². The number of ether oxygens (including phenoxy) is 1. The lowest BCUT2D eigenvalue weighted by Gasteiger charge is -2.24. The fourth-order valence-corrected chi connectivity index (χ4v) is 3.66. The maximum Gasteiger partial charge on any atom is 0.305 e. The Bertz CT molecular complexity index is 355. The Hall–Kier alpha value is -1.06. The third-order valence-electron chi connectivity index (χ3n) is 4.74. The van der Waals surface area contributed by atoms with Gasteiger partial charge >= 0.3 is 5.97 Å². The number of rotatable bonds is 4. The van der Waals surface area contributed by atoms with Gasteiger partial charge < -0.3 is 9.64 Å². The molecule has 108 valence electrons. The highest BCUT2D eigenvalue weighted by molar-refractivity contribution is 5.77. The van der Waals surface area contributed by atoms with Crippen LogP contribution in [-0.4, -0.2) is 37.0 Å². The molecule has 0 aromatic heterocycles. The monoisotopic (exact) mass is 267 g/mol. The first-order valence-electron chi connectivity index (χ1n) is 7.39. The van der Waals surface area contributed by atoms with Gasteiger partial charge in [0.15, 0.2) is 0 Å². The van der Waals surface area contributed by atoms with Gasteiger partial charge in [0.25, 0.3) is 0 Å². The lowest BCUT2D eigenvalue weighted by Crippen LogP contribution is -2.31. The van der Waals surface area contributed by atoms with Gasteiger partial charge in [-0.05, 0) is 37.0 Å². The quantitative estimate of drug-likeness (QED) is 0.735. The van der Waals surface area contributed by atoms with E-state index in [2.05, 4.69) is 11.7 Å². The molecule has 0 bridgehead atoms. The van der Waals surface area contributed by atoms with Crippen LogP contribution < -0.4 is 0 Å². The molecule has 2 fully saturated rings. The van der Waals surface area contributed by atoms with Crippen LogP contribution in [0.1, 0.15) is 51.9 Å². The summed E-state index contributed by atoms with van der Waals surface area (Å²) >= 11 is 0. The Morgan fingerprint density at radius 1 is 1.32 bits per heavy atom. The van der Waals surface area contributed by atoms with Crippen LogP contribution in [0.4, 0.5) is 0 Å². The zero-order valence-electron chi connectivity index (χ0n) is 12.1. The molecule has 19 heavy (non-hydrogen) atoms. The van der Waals surface area contributed by atoms with Crippen molar-refractivity contribution in [3.8, 4) is 0 Å². The Morgan fingerprint density at radius 2 is 2.11 bits per heavy atom. The Balaban J connectivity index is 1.74. The van der Waals surface area contributed by atoms with Crippen LogP contribution in [0.5, 0.6) is 0 Å². The molecule has 0 unspecified atom stereocenters. The molecule has 1 aliphatic heterocycles. The van der Waals surface area contributed by atoms with E-state index < -0.39 is 0 Å². The molecule has 1 saturated heterocycles. The summed E-state index contributed by atoms with van der Waals surface area (Å²) in [6, 6.07) is 0. The van der Waals surface area contributed by atoms with E-state index in [-0.39, 0.29) is 11.9 Å². The highest BCUT2D eigenvalue weighted by Gasteiger charge is 2.43. The van der Waals surface area contributed by atoms with Crippen LogP contribution in [0.25, 0.3) is 0 Å². The number of nitrogens with zero attached hydrogens (tertiary/aromatic N) is 1. The van der Waals surface area contributed by atoms with E-state index in [0.29, 0.717) is 24.7 Å². The normalized spacial score (nSPS) is 30.0. The van der Waals surface area contributed by atoms with E-state index in [0.717, 1.165) is 19.0 Å². The van der Waals surface area contributed by atoms with Crippen molar-refractivity contribution in [2.75, 3.05) is 20.2 Å². The van der Waals surface area contributed by atoms with Gasteiger partial charge in [-0.1, -0.05) is 13.3 Å². The summed E-state index contributed by atoms with van der Waals surface area (Å²) in [5.41, 5.74) is 0.414. The Morgan fingerprint density at radius 3 is 2.74 bits per heavy atom. The molecular weight excluding hydrogens is 242 g/mol. The van der Waals surface area contributed by atoms with Gasteiger partial charge in [0, 0.05) is 25.9 Å². The standard InChI is InChI=1S/C15H25NO3/c1-12-6-7-15(10-12)8-9-16(11-15)13(17)4-3-5-14(18)19-2/h12H,3-11H2,1-2H3/t12-,15+/m1/s1. The molecule has 0 N–H and O–H groups in total. The van der Waals surface area contributed by atoms with Gasteiger partial charge in [0.2, 0.25) is 5.91 Å². The van der Waals surface area contributed by atoms with Crippen molar-refractivity contribution in [1.82, 2.24) is 4.90 Å². The van der Waals surface area contributed by atoms with Crippen molar-refractivity contribution in [3.05, 3.63) is 0 Å². The summed E-state index contributed by atoms with van der Waals surface area (Å²) < 4.78 is 4.58. The van der Waals surface area contributed by atoms with Crippen LogP contribution in [0.3, 0.4) is 0 Å². The summed E-state index contributed by atoms with van der Waals surface area (Å²) in [7, 11) is 1.38. The number of esters is 1. The van der Waals surface area contributed by atoms with Gasteiger partial charge in [-0.2, -0.15) is 0 Å². The van der Waals surface area contributed by atoms with Crippen LogP contribution in [-0.2, 0) is 14.3 Å². The van der Waals surface area contributed by atoms with Gasteiger partial charge in [-0.3, -0.25) is 9.59 Å². The number of carbonyl (C=O) groups excluding carboxylic acids is 2. The average Bonchev–Trinajstić information content (AvgIpc) is 2.96. The smallest absolute Gasteiger partial charge is 0.305 e. The highest BCUT2D eigenvalue weighted by atomic mass is 16.5. The van der Waals surface area contributed by atoms with Crippen molar-refractivity contribution in [2.45, 2.75) is 51.9 Å². The second-order valence-electron chi connectivity index (χ2n) is 6.34. The molecule has 2 rings (SSSR count). The van der Waals surface area contributed by atoms with Crippen LogP contribution in [0.15, 0.2) is 0 Å². The lowest BCUT2D eigenvalue weighted by atomic mass is 9.85.